The normalized spacial score (nSPS) is 21.2. The number of benzene rings is 2. The molecule has 1 aliphatic heterocycles. The third-order valence-electron chi connectivity index (χ3n) is 4.60. The van der Waals surface area contributed by atoms with Crippen LogP contribution in [0.25, 0.3) is 6.08 Å². The Bertz CT molecular complexity index is 684. The first-order chi connectivity index (χ1) is 9.81. The highest BCUT2D eigenvalue weighted by Crippen LogP contribution is 2.38. The van der Waals surface area contributed by atoms with E-state index in [1.807, 2.05) is 0 Å². The zero-order valence-corrected chi connectivity index (χ0v) is 11.8. The van der Waals surface area contributed by atoms with Crippen molar-refractivity contribution >= 4 is 6.08 Å². The van der Waals surface area contributed by atoms with Gasteiger partial charge in [-0.15, -0.1) is 0 Å². The molecule has 1 nitrogen and oxygen atoms in total. The second kappa shape index (κ2) is 4.60. The molecule has 1 heterocycles. The molecule has 0 saturated heterocycles. The fourth-order valence-corrected chi connectivity index (χ4v) is 3.63. The predicted molar refractivity (Wildman–Crippen MR) is 83.6 cm³/mol. The Morgan fingerprint density at radius 2 is 1.70 bits per heavy atom. The second-order valence-electron chi connectivity index (χ2n) is 6.04. The standard InChI is InChI=1S/C19H19N/c1-20-12-16-8-4-5-9-18(16)19(13-20)17-10-14-6-2-3-7-15(14)11-17/h2-10,19H,11-13H2,1H3. The third kappa shape index (κ3) is 1.90. The molecule has 0 radical (unpaired) electrons. The molecule has 1 heteroatoms. The minimum absolute atomic E-state index is 0.553. The van der Waals surface area contributed by atoms with Gasteiger partial charge in [-0.1, -0.05) is 60.2 Å². The number of rotatable bonds is 1. The summed E-state index contributed by atoms with van der Waals surface area (Å²) in [5.41, 5.74) is 7.49. The van der Waals surface area contributed by atoms with E-state index in [0.29, 0.717) is 5.92 Å². The number of nitrogens with zero attached hydrogens (tertiary/aromatic N) is 1. The first-order valence-electron chi connectivity index (χ1n) is 7.36. The maximum Gasteiger partial charge on any atom is 0.0234 e. The zero-order valence-electron chi connectivity index (χ0n) is 11.8. The Morgan fingerprint density at radius 3 is 2.55 bits per heavy atom. The molecule has 2 aliphatic rings. The van der Waals surface area contributed by atoms with Crippen LogP contribution in [0.5, 0.6) is 0 Å². The summed E-state index contributed by atoms with van der Waals surface area (Å²) < 4.78 is 0. The average molecular weight is 261 g/mol. The average Bonchev–Trinajstić information content (AvgIpc) is 2.90. The van der Waals surface area contributed by atoms with Gasteiger partial charge < -0.3 is 4.90 Å². The van der Waals surface area contributed by atoms with Gasteiger partial charge in [0.1, 0.15) is 0 Å². The fourth-order valence-electron chi connectivity index (χ4n) is 3.63. The fraction of sp³-hybridized carbons (Fsp3) is 0.263. The molecule has 0 aromatic heterocycles. The molecule has 0 amide bonds. The van der Waals surface area contributed by atoms with E-state index in [9.17, 15) is 0 Å². The molecule has 100 valence electrons. The monoisotopic (exact) mass is 261 g/mol. The lowest BCUT2D eigenvalue weighted by Gasteiger charge is -2.33. The predicted octanol–water partition coefficient (Wildman–Crippen LogP) is 3.86. The minimum Gasteiger partial charge on any atom is -0.301 e. The van der Waals surface area contributed by atoms with Crippen LogP contribution < -0.4 is 0 Å². The smallest absolute Gasteiger partial charge is 0.0234 e. The van der Waals surface area contributed by atoms with Crippen LogP contribution in [-0.4, -0.2) is 18.5 Å². The van der Waals surface area contributed by atoms with Crippen molar-refractivity contribution in [1.82, 2.24) is 4.90 Å². The van der Waals surface area contributed by atoms with E-state index in [-0.39, 0.29) is 0 Å². The molecule has 0 saturated carbocycles. The SMILES string of the molecule is CN1Cc2ccccc2C(C2=Cc3ccccc3C2)C1. The van der Waals surface area contributed by atoms with E-state index in [2.05, 4.69) is 66.6 Å². The number of likely N-dealkylation sites (N-methyl/N-ethyl adjacent to an activating group) is 1. The van der Waals surface area contributed by atoms with Gasteiger partial charge in [-0.2, -0.15) is 0 Å². The molecule has 2 aromatic rings. The Morgan fingerprint density at radius 1 is 0.950 bits per heavy atom. The van der Waals surface area contributed by atoms with Crippen LogP contribution in [0, 0.1) is 0 Å². The van der Waals surface area contributed by atoms with E-state index in [1.54, 1.807) is 5.57 Å². The van der Waals surface area contributed by atoms with Gasteiger partial charge in [-0.3, -0.25) is 0 Å². The van der Waals surface area contributed by atoms with Crippen molar-refractivity contribution in [2.75, 3.05) is 13.6 Å². The molecule has 0 bridgehead atoms. The summed E-state index contributed by atoms with van der Waals surface area (Å²) in [4.78, 5) is 2.44. The highest BCUT2D eigenvalue weighted by Gasteiger charge is 2.28. The molecule has 4 rings (SSSR count). The number of fused-ring (bicyclic) bond motifs is 2. The minimum atomic E-state index is 0.553. The summed E-state index contributed by atoms with van der Waals surface area (Å²) in [6.07, 6.45) is 3.53. The highest BCUT2D eigenvalue weighted by atomic mass is 15.1. The van der Waals surface area contributed by atoms with Gasteiger partial charge in [0.2, 0.25) is 0 Å². The molecule has 20 heavy (non-hydrogen) atoms. The summed E-state index contributed by atoms with van der Waals surface area (Å²) in [6.45, 7) is 2.21. The van der Waals surface area contributed by atoms with Gasteiger partial charge in [0.25, 0.3) is 0 Å². The molecule has 0 spiro atoms. The lowest BCUT2D eigenvalue weighted by molar-refractivity contribution is 0.293. The van der Waals surface area contributed by atoms with Crippen LogP contribution in [0.15, 0.2) is 54.1 Å². The molecular formula is C19H19N. The molecular weight excluding hydrogens is 242 g/mol. The van der Waals surface area contributed by atoms with Crippen molar-refractivity contribution in [3.05, 3.63) is 76.4 Å². The second-order valence-corrected chi connectivity index (χ2v) is 6.04. The Hall–Kier alpha value is -1.86. The van der Waals surface area contributed by atoms with Gasteiger partial charge in [-0.25, -0.2) is 0 Å². The molecule has 0 N–H and O–H groups in total. The first kappa shape index (κ1) is 11.9. The van der Waals surface area contributed by atoms with E-state index >= 15 is 0 Å². The van der Waals surface area contributed by atoms with Crippen LogP contribution in [0.2, 0.25) is 0 Å². The third-order valence-corrected chi connectivity index (χ3v) is 4.60. The maximum atomic E-state index is 2.44. The number of hydrogen-bond acceptors (Lipinski definition) is 1. The van der Waals surface area contributed by atoms with Crippen LogP contribution in [0.4, 0.5) is 0 Å². The van der Waals surface area contributed by atoms with E-state index in [0.717, 1.165) is 19.5 Å². The van der Waals surface area contributed by atoms with Crippen LogP contribution in [0.1, 0.15) is 28.2 Å². The molecule has 0 fully saturated rings. The van der Waals surface area contributed by atoms with Gasteiger partial charge in [0.05, 0.1) is 0 Å². The topological polar surface area (TPSA) is 3.24 Å². The van der Waals surface area contributed by atoms with Gasteiger partial charge in [-0.05, 0) is 35.7 Å². The van der Waals surface area contributed by atoms with Crippen molar-refractivity contribution in [1.29, 1.82) is 0 Å². The summed E-state index contributed by atoms with van der Waals surface area (Å²) in [6, 6.07) is 17.7. The van der Waals surface area contributed by atoms with E-state index in [4.69, 9.17) is 0 Å². The quantitative estimate of drug-likeness (QED) is 0.753. The van der Waals surface area contributed by atoms with Crippen LogP contribution in [-0.2, 0) is 13.0 Å². The first-order valence-corrected chi connectivity index (χ1v) is 7.36. The Labute approximate surface area is 120 Å². The highest BCUT2D eigenvalue weighted by molar-refractivity contribution is 5.66. The zero-order chi connectivity index (χ0) is 13.5. The Balaban J connectivity index is 1.74. The van der Waals surface area contributed by atoms with Crippen molar-refractivity contribution in [3.63, 3.8) is 0 Å². The van der Waals surface area contributed by atoms with E-state index in [1.165, 1.54) is 22.3 Å². The Kier molecular flexibility index (Phi) is 2.75. The molecule has 2 aromatic carbocycles. The maximum absolute atomic E-state index is 2.44. The largest absolute Gasteiger partial charge is 0.301 e. The summed E-state index contributed by atoms with van der Waals surface area (Å²) in [5, 5.41) is 0. The summed E-state index contributed by atoms with van der Waals surface area (Å²) in [7, 11) is 2.23. The lowest BCUT2D eigenvalue weighted by Crippen LogP contribution is -2.31. The lowest BCUT2D eigenvalue weighted by atomic mass is 9.84. The van der Waals surface area contributed by atoms with Crippen molar-refractivity contribution in [2.24, 2.45) is 0 Å². The summed E-state index contributed by atoms with van der Waals surface area (Å²) >= 11 is 0. The van der Waals surface area contributed by atoms with Gasteiger partial charge in [0.15, 0.2) is 0 Å². The van der Waals surface area contributed by atoms with E-state index < -0.39 is 0 Å². The summed E-state index contributed by atoms with van der Waals surface area (Å²) in [5.74, 6) is 0.553. The van der Waals surface area contributed by atoms with Crippen LogP contribution in [0.3, 0.4) is 0 Å². The van der Waals surface area contributed by atoms with Gasteiger partial charge in [0, 0.05) is 19.0 Å². The number of hydrogen-bond donors (Lipinski definition) is 0. The molecule has 1 unspecified atom stereocenters. The molecule has 1 aliphatic carbocycles. The van der Waals surface area contributed by atoms with Gasteiger partial charge >= 0.3 is 0 Å². The van der Waals surface area contributed by atoms with Crippen LogP contribution >= 0.6 is 0 Å². The van der Waals surface area contributed by atoms with Crippen molar-refractivity contribution in [2.45, 2.75) is 18.9 Å². The molecule has 1 atom stereocenters. The van der Waals surface area contributed by atoms with Crippen molar-refractivity contribution in [3.8, 4) is 0 Å². The van der Waals surface area contributed by atoms with Crippen molar-refractivity contribution < 1.29 is 0 Å².